The predicted octanol–water partition coefficient (Wildman–Crippen LogP) is 6.92. The van der Waals surface area contributed by atoms with E-state index in [1.165, 1.54) is 59.5 Å². The summed E-state index contributed by atoms with van der Waals surface area (Å²) in [6.07, 6.45) is 6.72. The molecule has 0 unspecified atom stereocenters. The first-order valence-electron chi connectivity index (χ1n) is 10.5. The molecular formula is C25H24N2O2S. The van der Waals surface area contributed by atoms with E-state index in [1.54, 1.807) is 0 Å². The minimum absolute atomic E-state index is 0.287. The van der Waals surface area contributed by atoms with Crippen molar-refractivity contribution in [2.45, 2.75) is 39.2 Å². The zero-order valence-electron chi connectivity index (χ0n) is 17.3. The molecular weight excluding hydrogens is 392 g/mol. The first kappa shape index (κ1) is 19.1. The number of benzene rings is 2. The Morgan fingerprint density at radius 2 is 1.90 bits per heavy atom. The molecule has 0 radical (unpaired) electrons. The largest absolute Gasteiger partial charge is 0.465 e. The lowest BCUT2D eigenvalue weighted by atomic mass is 10.1. The lowest BCUT2D eigenvalue weighted by Crippen LogP contribution is -1.99. The average Bonchev–Trinajstić information content (AvgIpc) is 3.37. The SMILES string of the molecule is CCCCCCn1c2ccccc2c2c3sc(C(=O)OC)cc3c3cccnc3c21. The maximum Gasteiger partial charge on any atom is 0.348 e. The van der Waals surface area contributed by atoms with Gasteiger partial charge >= 0.3 is 5.97 Å². The first-order valence-corrected chi connectivity index (χ1v) is 11.4. The Balaban J connectivity index is 1.90. The van der Waals surface area contributed by atoms with Crippen LogP contribution in [0.4, 0.5) is 0 Å². The van der Waals surface area contributed by atoms with Crippen molar-refractivity contribution in [1.82, 2.24) is 9.55 Å². The van der Waals surface area contributed by atoms with Crippen molar-refractivity contribution >= 4 is 60.1 Å². The van der Waals surface area contributed by atoms with Crippen LogP contribution in [0.15, 0.2) is 48.7 Å². The lowest BCUT2D eigenvalue weighted by molar-refractivity contribution is 0.0606. The van der Waals surface area contributed by atoms with E-state index in [1.807, 2.05) is 18.3 Å². The molecule has 4 nitrogen and oxygen atoms in total. The smallest absolute Gasteiger partial charge is 0.348 e. The third kappa shape index (κ3) is 2.88. The van der Waals surface area contributed by atoms with Gasteiger partial charge in [-0.05, 0) is 24.6 Å². The van der Waals surface area contributed by atoms with Crippen LogP contribution in [0.3, 0.4) is 0 Å². The highest BCUT2D eigenvalue weighted by atomic mass is 32.1. The van der Waals surface area contributed by atoms with Crippen LogP contribution < -0.4 is 0 Å². The molecule has 0 spiro atoms. The highest BCUT2D eigenvalue weighted by Gasteiger charge is 2.21. The fourth-order valence-electron chi connectivity index (χ4n) is 4.50. The van der Waals surface area contributed by atoms with Gasteiger partial charge in [0.1, 0.15) is 4.88 Å². The van der Waals surface area contributed by atoms with Gasteiger partial charge in [0.05, 0.1) is 18.1 Å². The molecule has 0 saturated carbocycles. The topological polar surface area (TPSA) is 44.1 Å². The summed E-state index contributed by atoms with van der Waals surface area (Å²) in [6.45, 7) is 3.21. The third-order valence-electron chi connectivity index (χ3n) is 5.87. The molecule has 0 aliphatic rings. The lowest BCUT2D eigenvalue weighted by Gasteiger charge is -2.09. The number of hydrogen-bond donors (Lipinski definition) is 0. The van der Waals surface area contributed by atoms with Crippen LogP contribution in [0.1, 0.15) is 42.3 Å². The Morgan fingerprint density at radius 1 is 1.07 bits per heavy atom. The Bertz CT molecular complexity index is 1400. The number of aryl methyl sites for hydroxylation is 1. The second-order valence-corrected chi connectivity index (χ2v) is 8.75. The molecule has 0 amide bonds. The van der Waals surface area contributed by atoms with Gasteiger partial charge in [0.15, 0.2) is 0 Å². The summed E-state index contributed by atoms with van der Waals surface area (Å²) in [5.41, 5.74) is 3.41. The van der Waals surface area contributed by atoms with Crippen molar-refractivity contribution in [3.63, 3.8) is 0 Å². The van der Waals surface area contributed by atoms with Gasteiger partial charge in [0.2, 0.25) is 0 Å². The summed E-state index contributed by atoms with van der Waals surface area (Å²) >= 11 is 1.52. The van der Waals surface area contributed by atoms with Crippen LogP contribution in [0, 0.1) is 0 Å². The quantitative estimate of drug-likeness (QED) is 0.223. The van der Waals surface area contributed by atoms with Crippen LogP contribution in [0.2, 0.25) is 0 Å². The molecule has 30 heavy (non-hydrogen) atoms. The molecule has 0 saturated heterocycles. The standard InChI is InChI=1S/C25H24N2O2S/c1-3-4-5-8-14-27-19-12-7-6-10-17(19)21-23(27)22-16(11-9-13-26-22)18-15-20(25(28)29-2)30-24(18)21/h6-7,9-13,15H,3-5,8,14H2,1-2H3. The van der Waals surface area contributed by atoms with Crippen molar-refractivity contribution in [3.8, 4) is 0 Å². The second kappa shape index (κ2) is 7.73. The number of methoxy groups -OCH3 is 1. The Hall–Kier alpha value is -2.92. The summed E-state index contributed by atoms with van der Waals surface area (Å²) < 4.78 is 8.58. The van der Waals surface area contributed by atoms with E-state index < -0.39 is 0 Å². The van der Waals surface area contributed by atoms with Crippen molar-refractivity contribution in [2.75, 3.05) is 7.11 Å². The minimum Gasteiger partial charge on any atom is -0.465 e. The fourth-order valence-corrected chi connectivity index (χ4v) is 5.65. The fraction of sp³-hybridized carbons (Fsp3) is 0.280. The molecule has 3 aromatic heterocycles. The summed E-state index contributed by atoms with van der Waals surface area (Å²) in [7, 11) is 1.43. The predicted molar refractivity (Wildman–Crippen MR) is 126 cm³/mol. The molecule has 5 heteroatoms. The molecule has 2 aromatic carbocycles. The normalized spacial score (nSPS) is 11.8. The molecule has 0 bridgehead atoms. The number of pyridine rings is 1. The number of hydrogen-bond acceptors (Lipinski definition) is 4. The number of carbonyl (C=O) groups is 1. The van der Waals surface area contributed by atoms with Gasteiger partial charge < -0.3 is 9.30 Å². The van der Waals surface area contributed by atoms with Crippen LogP contribution in [0.25, 0.3) is 42.8 Å². The highest BCUT2D eigenvalue weighted by Crippen LogP contribution is 2.43. The Kier molecular flexibility index (Phi) is 4.91. The van der Waals surface area contributed by atoms with Gasteiger partial charge in [-0.2, -0.15) is 0 Å². The number of para-hydroxylation sites is 1. The average molecular weight is 417 g/mol. The number of unbranched alkanes of at least 4 members (excludes halogenated alkanes) is 3. The molecule has 0 aliphatic carbocycles. The zero-order chi connectivity index (χ0) is 20.7. The number of carbonyl (C=O) groups excluding carboxylic acids is 1. The summed E-state index contributed by atoms with van der Waals surface area (Å²) in [4.78, 5) is 17.7. The van der Waals surface area contributed by atoms with E-state index in [0.717, 1.165) is 34.0 Å². The van der Waals surface area contributed by atoms with E-state index in [2.05, 4.69) is 41.8 Å². The van der Waals surface area contributed by atoms with E-state index in [4.69, 9.17) is 9.72 Å². The van der Waals surface area contributed by atoms with Gasteiger partial charge in [0.25, 0.3) is 0 Å². The summed E-state index contributed by atoms with van der Waals surface area (Å²) in [6, 6.07) is 14.6. The van der Waals surface area contributed by atoms with Crippen LogP contribution in [-0.4, -0.2) is 22.6 Å². The van der Waals surface area contributed by atoms with E-state index in [0.29, 0.717) is 4.88 Å². The van der Waals surface area contributed by atoms with Crippen molar-refractivity contribution in [2.24, 2.45) is 0 Å². The molecule has 0 N–H and O–H groups in total. The number of nitrogens with zero attached hydrogens (tertiary/aromatic N) is 2. The zero-order valence-corrected chi connectivity index (χ0v) is 18.1. The van der Waals surface area contributed by atoms with E-state index in [9.17, 15) is 4.79 Å². The highest BCUT2D eigenvalue weighted by molar-refractivity contribution is 7.22. The third-order valence-corrected chi connectivity index (χ3v) is 7.01. The van der Waals surface area contributed by atoms with Crippen LogP contribution >= 0.6 is 11.3 Å². The first-order chi connectivity index (χ1) is 14.7. The van der Waals surface area contributed by atoms with Gasteiger partial charge in [-0.1, -0.05) is 50.5 Å². The van der Waals surface area contributed by atoms with Gasteiger partial charge in [-0.25, -0.2) is 4.79 Å². The molecule has 5 rings (SSSR count). The molecule has 5 aromatic rings. The molecule has 0 atom stereocenters. The number of fused-ring (bicyclic) bond motifs is 8. The number of ether oxygens (including phenoxy) is 1. The molecule has 152 valence electrons. The number of rotatable bonds is 6. The van der Waals surface area contributed by atoms with Crippen LogP contribution in [-0.2, 0) is 11.3 Å². The van der Waals surface area contributed by atoms with E-state index >= 15 is 0 Å². The second-order valence-electron chi connectivity index (χ2n) is 7.70. The van der Waals surface area contributed by atoms with Crippen LogP contribution in [0.5, 0.6) is 0 Å². The summed E-state index contributed by atoms with van der Waals surface area (Å²) in [5.74, 6) is -0.287. The maximum absolute atomic E-state index is 12.3. The number of thiophene rings is 1. The molecule has 0 fully saturated rings. The molecule has 3 heterocycles. The van der Waals surface area contributed by atoms with Crippen molar-refractivity contribution in [1.29, 1.82) is 0 Å². The van der Waals surface area contributed by atoms with Gasteiger partial charge in [-0.15, -0.1) is 11.3 Å². The van der Waals surface area contributed by atoms with Gasteiger partial charge in [-0.3, -0.25) is 4.98 Å². The minimum atomic E-state index is -0.287. The molecule has 0 aliphatic heterocycles. The maximum atomic E-state index is 12.3. The number of aromatic nitrogens is 2. The van der Waals surface area contributed by atoms with E-state index in [-0.39, 0.29) is 5.97 Å². The van der Waals surface area contributed by atoms with Crippen molar-refractivity contribution < 1.29 is 9.53 Å². The Labute approximate surface area is 179 Å². The van der Waals surface area contributed by atoms with Gasteiger partial charge in [0, 0.05) is 44.5 Å². The summed E-state index contributed by atoms with van der Waals surface area (Å²) in [5, 5.41) is 4.58. The Morgan fingerprint density at radius 3 is 2.73 bits per heavy atom. The number of esters is 1. The van der Waals surface area contributed by atoms with Crippen molar-refractivity contribution in [3.05, 3.63) is 53.5 Å². The monoisotopic (exact) mass is 416 g/mol.